The summed E-state index contributed by atoms with van der Waals surface area (Å²) in [5, 5.41) is 4.07. The minimum absolute atomic E-state index is 0. The van der Waals surface area contributed by atoms with E-state index in [1.807, 2.05) is 13.8 Å². The molecule has 0 aliphatic carbocycles. The van der Waals surface area contributed by atoms with Crippen LogP contribution in [0, 0.1) is 51.2 Å². The Morgan fingerprint density at radius 3 is 2.57 bits per heavy atom. The molecular weight excluding hydrogens is 443 g/mol. The van der Waals surface area contributed by atoms with Crippen molar-refractivity contribution in [2.75, 3.05) is 5.73 Å². The van der Waals surface area contributed by atoms with Crippen LogP contribution in [0.15, 0.2) is 0 Å². The molecule has 14 heavy (non-hydrogen) atoms. The van der Waals surface area contributed by atoms with Crippen LogP contribution in [-0.2, 0) is 18.6 Å². The maximum absolute atomic E-state index is 5.56. The molecule has 2 aromatic rings. The van der Waals surface area contributed by atoms with Crippen LogP contribution < -0.4 is 5.73 Å². The summed E-state index contributed by atoms with van der Waals surface area (Å²) in [4.78, 5) is 8.01. The Morgan fingerprint density at radius 1 is 1.36 bits per heavy atom. The van der Waals surface area contributed by atoms with E-state index in [1.165, 1.54) is 4.52 Å². The second-order valence-corrected chi connectivity index (χ2v) is 2.60. The minimum atomic E-state index is 0. The van der Waals surface area contributed by atoms with E-state index in [0.29, 0.717) is 11.8 Å². The monoisotopic (exact) mass is 451 g/mol. The summed E-state index contributed by atoms with van der Waals surface area (Å²) in [6.07, 6.45) is 2.76. The average Bonchev–Trinajstić information content (AvgIpc) is 2.41. The topological polar surface area (TPSA) is 69.1 Å². The predicted octanol–water partition coefficient (Wildman–Crippen LogP) is 0.121. The zero-order chi connectivity index (χ0) is 8.72. The Morgan fingerprint density at radius 2 is 2.00 bits per heavy atom. The zero-order valence-electron chi connectivity index (χ0n) is 7.81. The number of rotatable bonds is 0. The van der Waals surface area contributed by atoms with Gasteiger partial charge in [0.25, 0.3) is 0 Å². The van der Waals surface area contributed by atoms with E-state index in [4.69, 9.17) is 5.73 Å². The molecule has 0 amide bonds. The summed E-state index contributed by atoms with van der Waals surface area (Å²) < 4.78 is 1.52. The third kappa shape index (κ3) is 2.32. The maximum Gasteiger partial charge on any atom is 0.133 e. The van der Waals surface area contributed by atoms with Crippen molar-refractivity contribution in [2.45, 2.75) is 13.8 Å². The Balaban J connectivity index is 0.000000845. The van der Waals surface area contributed by atoms with E-state index in [1.54, 1.807) is 0 Å². The van der Waals surface area contributed by atoms with Gasteiger partial charge in [0, 0.05) is 49.7 Å². The molecule has 0 aliphatic heterocycles. The van der Waals surface area contributed by atoms with Crippen LogP contribution in [0.1, 0.15) is 11.4 Å². The number of hydrogen-bond acceptors (Lipinski definition) is 4. The number of nitrogens with two attached hydrogens (primary N) is 1. The van der Waals surface area contributed by atoms with Gasteiger partial charge in [-0.15, -0.1) is 5.56 Å². The first-order chi connectivity index (χ1) is 5.68. The first-order valence-corrected chi connectivity index (χ1v) is 3.55. The second kappa shape index (κ2) is 5.18. The van der Waals surface area contributed by atoms with Crippen molar-refractivity contribution >= 4 is 11.6 Å². The fraction of sp³-hybridized carbons (Fsp3) is 0.286. The predicted molar refractivity (Wildman–Crippen MR) is 43.5 cm³/mol. The quantitative estimate of drug-likeness (QED) is 0.579. The zero-order valence-corrected chi connectivity index (χ0v) is 13.4. The van der Waals surface area contributed by atoms with Gasteiger partial charge in [0.15, 0.2) is 0 Å². The average molecular weight is 451 g/mol. The molecule has 2 rings (SSSR count). The molecule has 0 aliphatic rings. The first-order valence-electron chi connectivity index (χ1n) is 3.55. The van der Waals surface area contributed by atoms with Gasteiger partial charge in [-0.1, -0.05) is 13.1 Å². The molecule has 7 heteroatoms. The van der Waals surface area contributed by atoms with Gasteiger partial charge >= 0.3 is 0 Å². The van der Waals surface area contributed by atoms with Crippen LogP contribution in [0.5, 0.6) is 0 Å². The van der Waals surface area contributed by atoms with E-state index in [9.17, 15) is 0 Å². The summed E-state index contributed by atoms with van der Waals surface area (Å²) in [6.45, 7) is 3.68. The smallest absolute Gasteiger partial charge is 0.133 e. The number of hydrogen-bond donors (Lipinski definition) is 1. The molecule has 5 nitrogen and oxygen atoms in total. The minimum Gasteiger partial charge on any atom is -0.420 e. The molecule has 0 spiro atoms. The van der Waals surface area contributed by atoms with Crippen LogP contribution in [0.3, 0.4) is 0 Å². The Labute approximate surface area is 117 Å². The largest absolute Gasteiger partial charge is 0.420 e. The summed E-state index contributed by atoms with van der Waals surface area (Å²) >= 11 is 0. The standard InChI is InChI=1S/C7H8N5.U.V/c1-4-3-9-7(8)12-6(4)10-5(2)11-12;;/h1-2H3,(H2,8,9);;/q-1;;. The number of nitrogens with zero attached hydrogens (tertiary/aromatic N) is 4. The summed E-state index contributed by atoms with van der Waals surface area (Å²) in [5.74, 6) is 1.00. The van der Waals surface area contributed by atoms with Crippen LogP contribution in [0.2, 0.25) is 0 Å². The molecule has 2 N–H and O–H groups in total. The van der Waals surface area contributed by atoms with E-state index < -0.39 is 0 Å². The molecule has 71 valence electrons. The van der Waals surface area contributed by atoms with Crippen LogP contribution in [0.4, 0.5) is 5.95 Å². The number of fused-ring (bicyclic) bond motifs is 1. The number of nitrogen functional groups attached to an aromatic ring is 1. The van der Waals surface area contributed by atoms with Gasteiger partial charge in [-0.25, -0.2) is 0 Å². The van der Waals surface area contributed by atoms with E-state index in [2.05, 4.69) is 21.3 Å². The fourth-order valence-corrected chi connectivity index (χ4v) is 1.06. The van der Waals surface area contributed by atoms with Crippen molar-refractivity contribution in [1.29, 1.82) is 0 Å². The van der Waals surface area contributed by atoms with Gasteiger partial charge in [0.1, 0.15) is 11.8 Å². The SMILES string of the molecule is Cc1nc2c(C)[c-]nc(N)n2n1.[U].[V]. The fourth-order valence-electron chi connectivity index (χ4n) is 1.06. The molecule has 2 aromatic heterocycles. The Hall–Kier alpha value is -0.0136. The van der Waals surface area contributed by atoms with Crippen molar-refractivity contribution in [3.05, 3.63) is 17.6 Å². The van der Waals surface area contributed by atoms with Crippen LogP contribution >= 0.6 is 0 Å². The molecule has 0 atom stereocenters. The van der Waals surface area contributed by atoms with Crippen molar-refractivity contribution in [2.24, 2.45) is 0 Å². The van der Waals surface area contributed by atoms with E-state index in [0.717, 1.165) is 11.2 Å². The van der Waals surface area contributed by atoms with Gasteiger partial charge in [0.2, 0.25) is 0 Å². The van der Waals surface area contributed by atoms with Crippen molar-refractivity contribution in [3.8, 4) is 0 Å². The Bertz CT molecular complexity index is 402. The Kier molecular flexibility index (Phi) is 5.17. The van der Waals surface area contributed by atoms with Crippen molar-refractivity contribution in [3.63, 3.8) is 0 Å². The molecule has 0 fully saturated rings. The third-order valence-electron chi connectivity index (χ3n) is 1.60. The molecule has 2 heterocycles. The normalized spacial score (nSPS) is 9.29. The molecule has 0 saturated heterocycles. The maximum atomic E-state index is 5.56. The van der Waals surface area contributed by atoms with Gasteiger partial charge in [0.05, 0.1) is 5.65 Å². The molecule has 0 aromatic carbocycles. The van der Waals surface area contributed by atoms with Crippen molar-refractivity contribution in [1.82, 2.24) is 19.6 Å². The van der Waals surface area contributed by atoms with E-state index >= 15 is 0 Å². The van der Waals surface area contributed by atoms with Gasteiger partial charge in [-0.2, -0.15) is 5.10 Å². The molecular formula is C7H8N5UV-. The molecule has 0 bridgehead atoms. The summed E-state index contributed by atoms with van der Waals surface area (Å²) in [5.41, 5.74) is 7.13. The molecule has 0 saturated carbocycles. The molecule has 0 unspecified atom stereocenters. The third-order valence-corrected chi connectivity index (χ3v) is 1.60. The van der Waals surface area contributed by atoms with Crippen molar-refractivity contribution < 1.29 is 49.7 Å². The van der Waals surface area contributed by atoms with E-state index in [-0.39, 0.29) is 49.7 Å². The number of aryl methyl sites for hydroxylation is 2. The van der Waals surface area contributed by atoms with Crippen LogP contribution in [-0.4, -0.2) is 19.6 Å². The van der Waals surface area contributed by atoms with Gasteiger partial charge in [-0.3, -0.25) is 9.50 Å². The second-order valence-electron chi connectivity index (χ2n) is 2.60. The first kappa shape index (κ1) is 14.0. The number of aromatic nitrogens is 4. The summed E-state index contributed by atoms with van der Waals surface area (Å²) in [7, 11) is 0. The molecule has 1 radical (unpaired) electrons. The van der Waals surface area contributed by atoms with Gasteiger partial charge in [-0.05, 0) is 6.92 Å². The number of anilines is 1. The van der Waals surface area contributed by atoms with Crippen LogP contribution in [0.25, 0.3) is 5.65 Å². The van der Waals surface area contributed by atoms with Gasteiger partial charge < -0.3 is 10.7 Å². The summed E-state index contributed by atoms with van der Waals surface area (Å²) in [6, 6.07) is 0.